The van der Waals surface area contributed by atoms with Gasteiger partial charge in [-0.15, -0.1) is 0 Å². The number of carbonyl (C=O) groups excluding carboxylic acids is 2. The molecule has 0 fully saturated rings. The van der Waals surface area contributed by atoms with Crippen LogP contribution in [0.25, 0.3) is 0 Å². The van der Waals surface area contributed by atoms with Crippen LogP contribution in [-0.4, -0.2) is 62.7 Å². The van der Waals surface area contributed by atoms with E-state index < -0.39 is 34.3 Å². The molecule has 9 nitrogen and oxygen atoms in total. The van der Waals surface area contributed by atoms with E-state index in [4.69, 9.17) is 9.47 Å². The first kappa shape index (κ1) is 28.2. The van der Waals surface area contributed by atoms with Gasteiger partial charge in [-0.3, -0.25) is 13.9 Å². The number of fused-ring (bicyclic) bond motifs is 1. The lowest BCUT2D eigenvalue weighted by Crippen LogP contribution is -2.53. The Morgan fingerprint density at radius 3 is 2.27 bits per heavy atom. The predicted molar refractivity (Wildman–Crippen MR) is 139 cm³/mol. The zero-order valence-electron chi connectivity index (χ0n) is 21.6. The van der Waals surface area contributed by atoms with E-state index in [2.05, 4.69) is 5.32 Å². The number of sulfonamides is 1. The smallest absolute Gasteiger partial charge is 0.244 e. The van der Waals surface area contributed by atoms with Crippen molar-refractivity contribution in [3.8, 4) is 11.5 Å². The Morgan fingerprint density at radius 2 is 1.68 bits per heavy atom. The summed E-state index contributed by atoms with van der Waals surface area (Å²) >= 11 is 0. The molecule has 0 unspecified atom stereocenters. The normalized spacial score (nSPS) is 13.7. The number of ether oxygens (including phenoxy) is 2. The lowest BCUT2D eigenvalue weighted by Gasteiger charge is -2.33. The molecule has 2 aromatic rings. The van der Waals surface area contributed by atoms with Crippen molar-refractivity contribution in [1.29, 1.82) is 0 Å². The van der Waals surface area contributed by atoms with E-state index in [1.807, 2.05) is 13.8 Å². The molecule has 0 radical (unpaired) electrons. The van der Waals surface area contributed by atoms with Gasteiger partial charge in [-0.1, -0.05) is 19.1 Å². The number of benzene rings is 2. The summed E-state index contributed by atoms with van der Waals surface area (Å²) in [6.45, 7) is 7.08. The molecule has 37 heavy (non-hydrogen) atoms. The summed E-state index contributed by atoms with van der Waals surface area (Å²) in [5.74, 6) is -0.704. The van der Waals surface area contributed by atoms with E-state index in [0.717, 1.165) is 4.31 Å². The van der Waals surface area contributed by atoms with Crippen molar-refractivity contribution >= 4 is 27.5 Å². The highest BCUT2D eigenvalue weighted by Crippen LogP contribution is 2.35. The second-order valence-electron chi connectivity index (χ2n) is 8.97. The quantitative estimate of drug-likeness (QED) is 0.474. The molecular weight excluding hydrogens is 501 g/mol. The molecule has 1 N–H and O–H groups in total. The molecule has 0 aliphatic carbocycles. The minimum absolute atomic E-state index is 0.00425. The zero-order chi connectivity index (χ0) is 27.2. The summed E-state index contributed by atoms with van der Waals surface area (Å²) in [7, 11) is -3.88. The lowest BCUT2D eigenvalue weighted by atomic mass is 10.1. The fourth-order valence-electron chi connectivity index (χ4n) is 3.99. The van der Waals surface area contributed by atoms with E-state index in [1.165, 1.54) is 42.2 Å². The SMILES string of the molecule is CC[C@@H](C(=O)NC(C)C)N(Cc1ccc(F)cc1)C(=O)CN(c1ccc2c(c1)OCCO2)S(=O)(=O)CC. The van der Waals surface area contributed by atoms with Gasteiger partial charge in [0.1, 0.15) is 31.6 Å². The maximum atomic E-state index is 13.7. The van der Waals surface area contributed by atoms with Crippen LogP contribution in [0.5, 0.6) is 11.5 Å². The van der Waals surface area contributed by atoms with Crippen molar-refractivity contribution in [2.24, 2.45) is 0 Å². The van der Waals surface area contributed by atoms with Crippen molar-refractivity contribution in [2.75, 3.05) is 29.8 Å². The number of nitrogens with one attached hydrogen (secondary N) is 1. The maximum Gasteiger partial charge on any atom is 0.244 e. The number of nitrogens with zero attached hydrogens (tertiary/aromatic N) is 2. The molecule has 11 heteroatoms. The van der Waals surface area contributed by atoms with E-state index in [0.29, 0.717) is 36.7 Å². The first-order valence-electron chi connectivity index (χ1n) is 12.3. The van der Waals surface area contributed by atoms with Crippen LogP contribution >= 0.6 is 0 Å². The first-order chi connectivity index (χ1) is 17.6. The van der Waals surface area contributed by atoms with Crippen molar-refractivity contribution in [3.63, 3.8) is 0 Å². The van der Waals surface area contributed by atoms with Crippen LogP contribution in [-0.2, 0) is 26.2 Å². The predicted octanol–water partition coefficient (Wildman–Crippen LogP) is 3.09. The average Bonchev–Trinajstić information content (AvgIpc) is 2.87. The van der Waals surface area contributed by atoms with Gasteiger partial charge >= 0.3 is 0 Å². The van der Waals surface area contributed by atoms with Crippen LogP contribution in [0.15, 0.2) is 42.5 Å². The van der Waals surface area contributed by atoms with Gasteiger partial charge in [0.25, 0.3) is 0 Å². The number of hydrogen-bond acceptors (Lipinski definition) is 6. The van der Waals surface area contributed by atoms with Gasteiger partial charge in [-0.05, 0) is 57.0 Å². The topological polar surface area (TPSA) is 105 Å². The molecule has 0 bridgehead atoms. The fraction of sp³-hybridized carbons (Fsp3) is 0.462. The summed E-state index contributed by atoms with van der Waals surface area (Å²) in [6.07, 6.45) is 0.302. The number of carbonyl (C=O) groups is 2. The fourth-order valence-corrected chi connectivity index (χ4v) is 5.05. The van der Waals surface area contributed by atoms with E-state index in [-0.39, 0.29) is 29.9 Å². The average molecular weight is 536 g/mol. The van der Waals surface area contributed by atoms with Crippen molar-refractivity contribution < 1.29 is 31.9 Å². The van der Waals surface area contributed by atoms with Gasteiger partial charge in [-0.2, -0.15) is 0 Å². The molecule has 3 rings (SSSR count). The number of amides is 2. The number of halogens is 1. The Labute approximate surface area is 217 Å². The van der Waals surface area contributed by atoms with Crippen molar-refractivity contribution in [2.45, 2.75) is 52.7 Å². The zero-order valence-corrected chi connectivity index (χ0v) is 22.4. The Balaban J connectivity index is 1.97. The van der Waals surface area contributed by atoms with Gasteiger partial charge in [0.15, 0.2) is 11.5 Å². The second-order valence-corrected chi connectivity index (χ2v) is 11.2. The number of anilines is 1. The van der Waals surface area contributed by atoms with Gasteiger partial charge in [0, 0.05) is 18.7 Å². The largest absolute Gasteiger partial charge is 0.486 e. The van der Waals surface area contributed by atoms with Gasteiger partial charge in [0.05, 0.1) is 11.4 Å². The van der Waals surface area contributed by atoms with Crippen LogP contribution in [0.1, 0.15) is 39.7 Å². The highest BCUT2D eigenvalue weighted by molar-refractivity contribution is 7.92. The van der Waals surface area contributed by atoms with E-state index in [1.54, 1.807) is 19.1 Å². The van der Waals surface area contributed by atoms with E-state index >= 15 is 0 Å². The summed E-state index contributed by atoms with van der Waals surface area (Å²) in [6, 6.07) is 9.29. The maximum absolute atomic E-state index is 13.7. The van der Waals surface area contributed by atoms with Gasteiger partial charge in [-0.25, -0.2) is 12.8 Å². The van der Waals surface area contributed by atoms with Crippen LogP contribution in [0.3, 0.4) is 0 Å². The number of rotatable bonds is 11. The molecule has 2 aromatic carbocycles. The van der Waals surface area contributed by atoms with Gasteiger partial charge in [0.2, 0.25) is 21.8 Å². The lowest BCUT2D eigenvalue weighted by molar-refractivity contribution is -0.140. The molecule has 0 spiro atoms. The Hall–Kier alpha value is -3.34. The molecule has 2 amide bonds. The third-order valence-electron chi connectivity index (χ3n) is 5.88. The monoisotopic (exact) mass is 535 g/mol. The van der Waals surface area contributed by atoms with Crippen molar-refractivity contribution in [3.05, 3.63) is 53.8 Å². The summed E-state index contributed by atoms with van der Waals surface area (Å²) in [5.41, 5.74) is 0.857. The minimum Gasteiger partial charge on any atom is -0.486 e. The van der Waals surface area contributed by atoms with Crippen LogP contribution in [0.4, 0.5) is 10.1 Å². The Bertz CT molecular complexity index is 1200. The number of hydrogen-bond donors (Lipinski definition) is 1. The molecule has 0 saturated carbocycles. The Kier molecular flexibility index (Phi) is 9.36. The highest BCUT2D eigenvalue weighted by atomic mass is 32.2. The molecule has 0 saturated heterocycles. The summed E-state index contributed by atoms with van der Waals surface area (Å²) in [5, 5.41) is 2.83. The molecular formula is C26H34FN3O6S. The second kappa shape index (κ2) is 12.3. The minimum atomic E-state index is -3.88. The molecule has 1 aliphatic rings. The first-order valence-corrected chi connectivity index (χ1v) is 13.9. The van der Waals surface area contributed by atoms with Crippen LogP contribution < -0.4 is 19.1 Å². The summed E-state index contributed by atoms with van der Waals surface area (Å²) in [4.78, 5) is 28.1. The third kappa shape index (κ3) is 7.12. The molecule has 202 valence electrons. The summed E-state index contributed by atoms with van der Waals surface area (Å²) < 4.78 is 51.9. The van der Waals surface area contributed by atoms with Gasteiger partial charge < -0.3 is 19.7 Å². The van der Waals surface area contributed by atoms with E-state index in [9.17, 15) is 22.4 Å². The van der Waals surface area contributed by atoms with Crippen LogP contribution in [0, 0.1) is 5.82 Å². The Morgan fingerprint density at radius 1 is 1.03 bits per heavy atom. The molecule has 1 aliphatic heterocycles. The van der Waals surface area contributed by atoms with Crippen LogP contribution in [0.2, 0.25) is 0 Å². The highest BCUT2D eigenvalue weighted by Gasteiger charge is 2.33. The third-order valence-corrected chi connectivity index (χ3v) is 7.62. The molecule has 1 atom stereocenters. The van der Waals surface area contributed by atoms with Crippen molar-refractivity contribution in [1.82, 2.24) is 10.2 Å². The standard InChI is InChI=1S/C26H34FN3O6S/c1-5-22(26(32)28-18(3)4)29(16-19-7-9-20(27)10-8-19)25(31)17-30(37(33,34)6-2)21-11-12-23-24(15-21)36-14-13-35-23/h7-12,15,18,22H,5-6,13-14,16-17H2,1-4H3,(H,28,32)/t22-/m0/s1. The molecule has 0 aromatic heterocycles. The molecule has 1 heterocycles.